The van der Waals surface area contributed by atoms with Crippen molar-refractivity contribution in [1.29, 1.82) is 0 Å². The lowest BCUT2D eigenvalue weighted by molar-refractivity contribution is -0.108. The highest BCUT2D eigenvalue weighted by Crippen LogP contribution is 2.33. The van der Waals surface area contributed by atoms with E-state index in [2.05, 4.69) is 5.32 Å². The van der Waals surface area contributed by atoms with Crippen molar-refractivity contribution in [3.63, 3.8) is 0 Å². The molecule has 0 amide bonds. The normalized spacial score (nSPS) is 12.3. The van der Waals surface area contributed by atoms with Gasteiger partial charge in [0.15, 0.2) is 11.6 Å². The van der Waals surface area contributed by atoms with Crippen molar-refractivity contribution in [3.8, 4) is 11.1 Å². The first-order valence-electron chi connectivity index (χ1n) is 7.57. The Bertz CT molecular complexity index is 717. The van der Waals surface area contributed by atoms with Gasteiger partial charge in [0.05, 0.1) is 0 Å². The number of halogens is 2. The van der Waals surface area contributed by atoms with E-state index in [9.17, 15) is 13.6 Å². The Morgan fingerprint density at radius 1 is 1.09 bits per heavy atom. The van der Waals surface area contributed by atoms with Crippen LogP contribution in [-0.4, -0.2) is 13.3 Å². The van der Waals surface area contributed by atoms with Crippen LogP contribution in [0.25, 0.3) is 11.1 Å². The average Bonchev–Trinajstić information content (AvgIpc) is 2.47. The molecule has 0 aliphatic carbocycles. The molecule has 2 rings (SSSR count). The van der Waals surface area contributed by atoms with Crippen molar-refractivity contribution in [3.05, 3.63) is 58.2 Å². The highest BCUT2D eigenvalue weighted by Gasteiger charge is 2.20. The quantitative estimate of drug-likeness (QED) is 0.828. The van der Waals surface area contributed by atoms with Crippen molar-refractivity contribution in [2.75, 3.05) is 7.05 Å². The zero-order chi connectivity index (χ0) is 17.1. The third-order valence-electron chi connectivity index (χ3n) is 4.08. The maximum absolute atomic E-state index is 14.2. The summed E-state index contributed by atoms with van der Waals surface area (Å²) in [6.45, 7) is 5.91. The second-order valence-corrected chi connectivity index (χ2v) is 5.88. The van der Waals surface area contributed by atoms with Gasteiger partial charge in [0.1, 0.15) is 6.29 Å². The first kappa shape index (κ1) is 17.3. The van der Waals surface area contributed by atoms with Crippen molar-refractivity contribution < 1.29 is 13.6 Å². The van der Waals surface area contributed by atoms with E-state index in [1.807, 2.05) is 32.9 Å². The van der Waals surface area contributed by atoms with E-state index >= 15 is 0 Å². The van der Waals surface area contributed by atoms with Gasteiger partial charge in [0.25, 0.3) is 0 Å². The van der Waals surface area contributed by atoms with Gasteiger partial charge >= 0.3 is 0 Å². The number of nitrogens with one attached hydrogen (secondary N) is 1. The molecule has 0 bridgehead atoms. The van der Waals surface area contributed by atoms with Crippen LogP contribution in [-0.2, 0) is 4.79 Å². The Morgan fingerprint density at radius 3 is 2.22 bits per heavy atom. The summed E-state index contributed by atoms with van der Waals surface area (Å²) in [5, 5.41) is 2.87. The summed E-state index contributed by atoms with van der Waals surface area (Å²) in [6, 6.07) is 6.34. The number of aryl methyl sites for hydroxylation is 3. The molecule has 0 heterocycles. The fourth-order valence-electron chi connectivity index (χ4n) is 3.14. The minimum absolute atomic E-state index is 0.0855. The van der Waals surface area contributed by atoms with E-state index in [1.54, 1.807) is 13.1 Å². The molecule has 0 saturated heterocycles. The van der Waals surface area contributed by atoms with E-state index in [4.69, 9.17) is 0 Å². The van der Waals surface area contributed by atoms with Crippen molar-refractivity contribution in [1.82, 2.24) is 5.32 Å². The number of hydrogen-bond donors (Lipinski definition) is 1. The van der Waals surface area contributed by atoms with Gasteiger partial charge < -0.3 is 10.1 Å². The van der Waals surface area contributed by atoms with E-state index in [1.165, 1.54) is 6.07 Å². The molecular formula is C19H21F2NO. The third kappa shape index (κ3) is 3.48. The second-order valence-electron chi connectivity index (χ2n) is 5.88. The number of hydrogen-bond acceptors (Lipinski definition) is 2. The minimum atomic E-state index is -0.905. The number of aldehydes is 1. The van der Waals surface area contributed by atoms with Crippen molar-refractivity contribution in [2.24, 2.45) is 0 Å². The highest BCUT2D eigenvalue weighted by molar-refractivity contribution is 5.72. The number of benzene rings is 2. The molecular weight excluding hydrogens is 296 g/mol. The van der Waals surface area contributed by atoms with Crippen LogP contribution in [0, 0.1) is 32.4 Å². The van der Waals surface area contributed by atoms with E-state index in [0.29, 0.717) is 11.8 Å². The van der Waals surface area contributed by atoms with Crippen LogP contribution in [0.5, 0.6) is 0 Å². The molecule has 0 aromatic heterocycles. The molecule has 0 aliphatic rings. The summed E-state index contributed by atoms with van der Waals surface area (Å²) in [4.78, 5) is 10.8. The van der Waals surface area contributed by atoms with E-state index in [0.717, 1.165) is 22.3 Å². The molecule has 4 heteroatoms. The maximum Gasteiger partial charge on any atom is 0.163 e. The lowest BCUT2D eigenvalue weighted by Crippen LogP contribution is -2.19. The number of carbonyl (C=O) groups is 1. The van der Waals surface area contributed by atoms with Crippen LogP contribution in [0.15, 0.2) is 24.3 Å². The van der Waals surface area contributed by atoms with Gasteiger partial charge in [-0.1, -0.05) is 17.7 Å². The Kier molecular flexibility index (Phi) is 5.26. The van der Waals surface area contributed by atoms with Gasteiger partial charge in [0, 0.05) is 18.0 Å². The second kappa shape index (κ2) is 7.01. The minimum Gasteiger partial charge on any atom is -0.313 e. The highest BCUT2D eigenvalue weighted by atomic mass is 19.2. The smallest absolute Gasteiger partial charge is 0.163 e. The molecule has 23 heavy (non-hydrogen) atoms. The van der Waals surface area contributed by atoms with Gasteiger partial charge in [0.2, 0.25) is 0 Å². The summed E-state index contributed by atoms with van der Waals surface area (Å²) >= 11 is 0. The zero-order valence-electron chi connectivity index (χ0n) is 13.8. The van der Waals surface area contributed by atoms with Gasteiger partial charge in [-0.2, -0.15) is 0 Å². The summed E-state index contributed by atoms with van der Waals surface area (Å²) in [5.74, 6) is -1.81. The maximum atomic E-state index is 14.2. The summed E-state index contributed by atoms with van der Waals surface area (Å²) in [7, 11) is 1.63. The molecule has 2 nitrogen and oxygen atoms in total. The van der Waals surface area contributed by atoms with Crippen LogP contribution in [0.3, 0.4) is 0 Å². The standard InChI is InChI=1S/C19H21F2NO/c1-11-7-12(2)18(13(3)8-11)14-9-15(17(22-4)5-6-23)19(21)16(20)10-14/h6-10,17,22H,5H2,1-4H3. The molecule has 122 valence electrons. The monoisotopic (exact) mass is 317 g/mol. The molecule has 1 unspecified atom stereocenters. The van der Waals surface area contributed by atoms with Gasteiger partial charge in [-0.3, -0.25) is 0 Å². The fraction of sp³-hybridized carbons (Fsp3) is 0.316. The molecule has 2 aromatic carbocycles. The molecule has 0 aliphatic heterocycles. The fourth-order valence-corrected chi connectivity index (χ4v) is 3.14. The Labute approximate surface area is 135 Å². The van der Waals surface area contributed by atoms with Crippen LogP contribution >= 0.6 is 0 Å². The first-order valence-corrected chi connectivity index (χ1v) is 7.57. The summed E-state index contributed by atoms with van der Waals surface area (Å²) < 4.78 is 28.3. The van der Waals surface area contributed by atoms with Crippen LogP contribution < -0.4 is 5.32 Å². The Balaban J connectivity index is 2.66. The van der Waals surface area contributed by atoms with Crippen LogP contribution in [0.4, 0.5) is 8.78 Å². The Morgan fingerprint density at radius 2 is 1.70 bits per heavy atom. The third-order valence-corrected chi connectivity index (χ3v) is 4.08. The predicted octanol–water partition coefficient (Wildman–Crippen LogP) is 4.41. The average molecular weight is 317 g/mol. The van der Waals surface area contributed by atoms with Gasteiger partial charge in [-0.25, -0.2) is 8.78 Å². The number of rotatable bonds is 5. The summed E-state index contributed by atoms with van der Waals surface area (Å²) in [5.41, 5.74) is 4.85. The predicted molar refractivity (Wildman–Crippen MR) is 88.5 cm³/mol. The molecule has 0 fully saturated rings. The van der Waals surface area contributed by atoms with Gasteiger partial charge in [-0.15, -0.1) is 0 Å². The number of carbonyl (C=O) groups excluding carboxylic acids is 1. The summed E-state index contributed by atoms with van der Waals surface area (Å²) in [6.07, 6.45) is 0.787. The zero-order valence-corrected chi connectivity index (χ0v) is 13.8. The molecule has 0 radical (unpaired) electrons. The molecule has 0 saturated carbocycles. The first-order chi connectivity index (χ1) is 10.9. The lowest BCUT2D eigenvalue weighted by Gasteiger charge is -2.18. The molecule has 2 aromatic rings. The topological polar surface area (TPSA) is 29.1 Å². The van der Waals surface area contributed by atoms with Gasteiger partial charge in [-0.05, 0) is 62.2 Å². The van der Waals surface area contributed by atoms with Crippen LogP contribution in [0.2, 0.25) is 0 Å². The lowest BCUT2D eigenvalue weighted by atomic mass is 9.91. The Hall–Kier alpha value is -2.07. The molecule has 0 spiro atoms. The van der Waals surface area contributed by atoms with E-state index < -0.39 is 17.7 Å². The van der Waals surface area contributed by atoms with Crippen LogP contribution in [0.1, 0.15) is 34.7 Å². The van der Waals surface area contributed by atoms with Crippen molar-refractivity contribution in [2.45, 2.75) is 33.2 Å². The molecule has 1 atom stereocenters. The SMILES string of the molecule is CNC(CC=O)c1cc(-c2c(C)cc(C)cc2C)cc(F)c1F. The van der Waals surface area contributed by atoms with E-state index in [-0.39, 0.29) is 12.0 Å². The van der Waals surface area contributed by atoms with Crippen molar-refractivity contribution >= 4 is 6.29 Å². The molecule has 1 N–H and O–H groups in total. The largest absolute Gasteiger partial charge is 0.313 e.